The fraction of sp³-hybridized carbons (Fsp3) is 0.300. The Bertz CT molecular complexity index is 883. The number of halogens is 1. The maximum atomic E-state index is 12.2. The summed E-state index contributed by atoms with van der Waals surface area (Å²) in [6.45, 7) is 2.09. The van der Waals surface area contributed by atoms with E-state index in [1.165, 1.54) is 0 Å². The van der Waals surface area contributed by atoms with Gasteiger partial charge < -0.3 is 9.73 Å². The topological polar surface area (TPSA) is 58.4 Å². The Hall–Kier alpha value is -2.37. The first-order valence-electron chi connectivity index (χ1n) is 8.80. The third kappa shape index (κ3) is 3.89. The number of fused-ring (bicyclic) bond motifs is 1. The van der Waals surface area contributed by atoms with Gasteiger partial charge in [0.05, 0.1) is 6.54 Å². The zero-order chi connectivity index (χ0) is 17.9. The maximum Gasteiger partial charge on any atom is 0.238 e. The Morgan fingerprint density at radius 2 is 2.00 bits per heavy atom. The van der Waals surface area contributed by atoms with Crippen LogP contribution < -0.4 is 5.32 Å². The highest BCUT2D eigenvalue weighted by atomic mass is 35.5. The molecule has 6 heteroatoms. The molecular weight excluding hydrogens is 350 g/mol. The molecule has 26 heavy (non-hydrogen) atoms. The van der Waals surface area contributed by atoms with Crippen molar-refractivity contribution in [3.05, 3.63) is 59.4 Å². The van der Waals surface area contributed by atoms with Crippen LogP contribution in [-0.2, 0) is 4.79 Å². The minimum Gasteiger partial charge on any atom is -0.440 e. The zero-order valence-corrected chi connectivity index (χ0v) is 15.1. The molecule has 0 aliphatic carbocycles. The summed E-state index contributed by atoms with van der Waals surface area (Å²) in [6.07, 6.45) is 1.88. The predicted molar refractivity (Wildman–Crippen MR) is 103 cm³/mol. The number of hydrogen-bond donors (Lipinski definition) is 1. The van der Waals surface area contributed by atoms with Crippen molar-refractivity contribution < 1.29 is 9.21 Å². The van der Waals surface area contributed by atoms with E-state index in [0.717, 1.165) is 48.6 Å². The van der Waals surface area contributed by atoms with E-state index in [9.17, 15) is 4.79 Å². The summed E-state index contributed by atoms with van der Waals surface area (Å²) in [5.41, 5.74) is 2.47. The monoisotopic (exact) mass is 369 g/mol. The van der Waals surface area contributed by atoms with E-state index >= 15 is 0 Å². The van der Waals surface area contributed by atoms with Crippen molar-refractivity contribution in [1.29, 1.82) is 0 Å². The summed E-state index contributed by atoms with van der Waals surface area (Å²) in [5, 5.41) is 3.51. The van der Waals surface area contributed by atoms with Crippen LogP contribution in [0.2, 0.25) is 5.02 Å². The number of nitrogens with one attached hydrogen (secondary N) is 1. The molecule has 1 amide bonds. The molecule has 3 aromatic rings. The molecule has 0 unspecified atom stereocenters. The van der Waals surface area contributed by atoms with E-state index in [-0.39, 0.29) is 5.91 Å². The van der Waals surface area contributed by atoms with Gasteiger partial charge in [0.15, 0.2) is 11.5 Å². The molecule has 1 aliphatic rings. The van der Waals surface area contributed by atoms with Crippen LogP contribution in [0.1, 0.15) is 24.7 Å². The van der Waals surface area contributed by atoms with Crippen molar-refractivity contribution in [2.24, 2.45) is 0 Å². The van der Waals surface area contributed by atoms with Gasteiger partial charge in [0.1, 0.15) is 5.52 Å². The third-order valence-electron chi connectivity index (χ3n) is 4.72. The Balaban J connectivity index is 1.31. The van der Waals surface area contributed by atoms with Gasteiger partial charge in [-0.15, -0.1) is 0 Å². The van der Waals surface area contributed by atoms with Crippen LogP contribution in [-0.4, -0.2) is 35.4 Å². The third-order valence-corrected chi connectivity index (χ3v) is 4.96. The van der Waals surface area contributed by atoms with E-state index in [0.29, 0.717) is 17.5 Å². The molecule has 4 rings (SSSR count). The van der Waals surface area contributed by atoms with E-state index < -0.39 is 0 Å². The number of oxazole rings is 1. The first-order valence-corrected chi connectivity index (χ1v) is 9.18. The summed E-state index contributed by atoms with van der Waals surface area (Å²) in [6, 6.07) is 15.0. The van der Waals surface area contributed by atoms with Crippen LogP contribution in [0, 0.1) is 0 Å². The number of hydrogen-bond acceptors (Lipinski definition) is 4. The Kier molecular flexibility index (Phi) is 4.91. The number of benzene rings is 2. The van der Waals surface area contributed by atoms with Crippen LogP contribution in [0.15, 0.2) is 52.9 Å². The first kappa shape index (κ1) is 17.1. The molecular formula is C20H20ClN3O2. The maximum absolute atomic E-state index is 12.2. The minimum atomic E-state index is -0.0208. The Morgan fingerprint density at radius 3 is 2.77 bits per heavy atom. The molecule has 0 radical (unpaired) electrons. The van der Waals surface area contributed by atoms with Crippen LogP contribution in [0.3, 0.4) is 0 Å². The van der Waals surface area contributed by atoms with Gasteiger partial charge in [0.25, 0.3) is 0 Å². The van der Waals surface area contributed by atoms with Crippen molar-refractivity contribution in [3.8, 4) is 0 Å². The summed E-state index contributed by atoms with van der Waals surface area (Å²) >= 11 is 5.95. The summed E-state index contributed by atoms with van der Waals surface area (Å²) in [4.78, 5) is 19.0. The quantitative estimate of drug-likeness (QED) is 0.744. The molecule has 1 aliphatic heterocycles. The predicted octanol–water partition coefficient (Wildman–Crippen LogP) is 4.30. The molecule has 1 fully saturated rings. The van der Waals surface area contributed by atoms with E-state index in [1.54, 1.807) is 12.1 Å². The van der Waals surface area contributed by atoms with Gasteiger partial charge in [0.2, 0.25) is 5.91 Å². The van der Waals surface area contributed by atoms with Gasteiger partial charge in [0, 0.05) is 16.6 Å². The number of anilines is 1. The van der Waals surface area contributed by atoms with Crippen molar-refractivity contribution >= 4 is 34.3 Å². The van der Waals surface area contributed by atoms with Crippen LogP contribution in [0.25, 0.3) is 11.1 Å². The highest BCUT2D eigenvalue weighted by Gasteiger charge is 2.25. The molecule has 2 aromatic carbocycles. The number of para-hydroxylation sites is 2. The van der Waals surface area contributed by atoms with Crippen LogP contribution >= 0.6 is 11.6 Å². The standard InChI is InChI=1S/C20H20ClN3O2/c21-15-4-3-5-16(12-15)22-19(25)13-24-10-8-14(9-11-24)20-23-17-6-1-2-7-18(17)26-20/h1-7,12,14H,8-11,13H2,(H,22,25). The number of carbonyl (C=O) groups is 1. The van der Waals surface area contributed by atoms with Gasteiger partial charge >= 0.3 is 0 Å². The average molecular weight is 370 g/mol. The van der Waals surface area contributed by atoms with Crippen molar-refractivity contribution in [1.82, 2.24) is 9.88 Å². The number of amides is 1. The fourth-order valence-corrected chi connectivity index (χ4v) is 3.56. The molecule has 134 valence electrons. The number of likely N-dealkylation sites (tertiary alicyclic amines) is 1. The highest BCUT2D eigenvalue weighted by Crippen LogP contribution is 2.29. The van der Waals surface area contributed by atoms with Crippen LogP contribution in [0.5, 0.6) is 0 Å². The van der Waals surface area contributed by atoms with E-state index in [2.05, 4.69) is 15.2 Å². The van der Waals surface area contributed by atoms with E-state index in [4.69, 9.17) is 16.0 Å². The molecule has 1 saturated heterocycles. The smallest absolute Gasteiger partial charge is 0.238 e. The Morgan fingerprint density at radius 1 is 1.19 bits per heavy atom. The van der Waals surface area contributed by atoms with Gasteiger partial charge in [-0.25, -0.2) is 4.98 Å². The van der Waals surface area contributed by atoms with Gasteiger partial charge in [-0.05, 0) is 56.3 Å². The lowest BCUT2D eigenvalue weighted by molar-refractivity contribution is -0.117. The second-order valence-electron chi connectivity index (χ2n) is 6.63. The van der Waals surface area contributed by atoms with Gasteiger partial charge in [-0.1, -0.05) is 29.8 Å². The second kappa shape index (κ2) is 7.48. The molecule has 2 heterocycles. The highest BCUT2D eigenvalue weighted by molar-refractivity contribution is 6.30. The van der Waals surface area contributed by atoms with Crippen molar-refractivity contribution in [3.63, 3.8) is 0 Å². The first-order chi connectivity index (χ1) is 12.7. The minimum absolute atomic E-state index is 0.0208. The van der Waals surface area contributed by atoms with E-state index in [1.807, 2.05) is 36.4 Å². The van der Waals surface area contributed by atoms with Crippen molar-refractivity contribution in [2.45, 2.75) is 18.8 Å². The summed E-state index contributed by atoms with van der Waals surface area (Å²) in [5.74, 6) is 1.11. The Labute approximate surface area is 157 Å². The molecule has 1 aromatic heterocycles. The second-order valence-corrected chi connectivity index (χ2v) is 7.07. The number of aromatic nitrogens is 1. The lowest BCUT2D eigenvalue weighted by Gasteiger charge is -2.29. The summed E-state index contributed by atoms with van der Waals surface area (Å²) < 4.78 is 5.89. The fourth-order valence-electron chi connectivity index (χ4n) is 3.37. The van der Waals surface area contributed by atoms with Crippen LogP contribution in [0.4, 0.5) is 5.69 Å². The lowest BCUT2D eigenvalue weighted by Crippen LogP contribution is -2.38. The molecule has 0 saturated carbocycles. The van der Waals surface area contributed by atoms with Crippen molar-refractivity contribution in [2.75, 3.05) is 25.0 Å². The number of piperidine rings is 1. The largest absolute Gasteiger partial charge is 0.440 e. The average Bonchev–Trinajstić information content (AvgIpc) is 3.06. The SMILES string of the molecule is O=C(CN1CCC(c2nc3ccccc3o2)CC1)Nc1cccc(Cl)c1. The molecule has 1 N–H and O–H groups in total. The summed E-state index contributed by atoms with van der Waals surface area (Å²) in [7, 11) is 0. The molecule has 0 bridgehead atoms. The molecule has 0 spiro atoms. The zero-order valence-electron chi connectivity index (χ0n) is 14.3. The number of nitrogens with zero attached hydrogens (tertiary/aromatic N) is 2. The number of carbonyl (C=O) groups excluding carboxylic acids is 1. The van der Waals surface area contributed by atoms with Gasteiger partial charge in [-0.3, -0.25) is 9.69 Å². The molecule has 0 atom stereocenters. The number of rotatable bonds is 4. The normalized spacial score (nSPS) is 16.0. The lowest BCUT2D eigenvalue weighted by atomic mass is 9.97. The van der Waals surface area contributed by atoms with Gasteiger partial charge in [-0.2, -0.15) is 0 Å². The molecule has 5 nitrogen and oxygen atoms in total.